The van der Waals surface area contributed by atoms with E-state index < -0.39 is 5.60 Å². The predicted molar refractivity (Wildman–Crippen MR) is 64.9 cm³/mol. The molecule has 17 heavy (non-hydrogen) atoms. The molecule has 2 saturated heterocycles. The monoisotopic (exact) mass is 241 g/mol. The van der Waals surface area contributed by atoms with Crippen molar-refractivity contribution in [3.05, 3.63) is 0 Å². The van der Waals surface area contributed by atoms with Crippen LogP contribution in [0.1, 0.15) is 46.5 Å². The van der Waals surface area contributed by atoms with Gasteiger partial charge in [0.2, 0.25) is 0 Å². The van der Waals surface area contributed by atoms with Crippen LogP contribution < -0.4 is 0 Å². The molecule has 0 spiro atoms. The number of hydrogen-bond donors (Lipinski definition) is 0. The maximum atomic E-state index is 12.1. The normalized spacial score (nSPS) is 32.7. The van der Waals surface area contributed by atoms with Crippen LogP contribution >= 0.6 is 0 Å². The maximum Gasteiger partial charge on any atom is 0.410 e. The third kappa shape index (κ3) is 2.73. The molecule has 0 radical (unpaired) electrons. The number of nitrogens with zero attached hydrogens (tertiary/aromatic N) is 1. The lowest BCUT2D eigenvalue weighted by Gasteiger charge is -2.38. The molecule has 4 heteroatoms. The van der Waals surface area contributed by atoms with Crippen LogP contribution in [0.25, 0.3) is 0 Å². The first-order chi connectivity index (χ1) is 7.90. The van der Waals surface area contributed by atoms with Gasteiger partial charge in [-0.25, -0.2) is 4.79 Å². The van der Waals surface area contributed by atoms with Crippen LogP contribution in [0.15, 0.2) is 0 Å². The van der Waals surface area contributed by atoms with Crippen LogP contribution in [0.5, 0.6) is 0 Å². The van der Waals surface area contributed by atoms with E-state index in [1.807, 2.05) is 25.7 Å². The van der Waals surface area contributed by atoms with Gasteiger partial charge in [-0.15, -0.1) is 0 Å². The van der Waals surface area contributed by atoms with Crippen LogP contribution in [-0.4, -0.2) is 41.9 Å². The summed E-state index contributed by atoms with van der Waals surface area (Å²) in [5.41, 5.74) is -0.408. The molecule has 0 N–H and O–H groups in total. The fourth-order valence-electron chi connectivity index (χ4n) is 2.93. The van der Waals surface area contributed by atoms with E-state index in [0.717, 1.165) is 25.7 Å². The Balaban J connectivity index is 2.01. The second-order valence-corrected chi connectivity index (χ2v) is 6.10. The number of amides is 1. The number of carbonyl (C=O) groups excluding carboxylic acids is 1. The van der Waals surface area contributed by atoms with Crippen molar-refractivity contribution in [3.8, 4) is 0 Å². The van der Waals surface area contributed by atoms with E-state index >= 15 is 0 Å². The van der Waals surface area contributed by atoms with E-state index in [1.54, 1.807) is 7.11 Å². The Kier molecular flexibility index (Phi) is 3.34. The predicted octanol–water partition coefficient (Wildman–Crippen LogP) is 2.56. The smallest absolute Gasteiger partial charge is 0.410 e. The molecule has 1 amide bonds. The fraction of sp³-hybridized carbons (Fsp3) is 0.923. The average molecular weight is 241 g/mol. The highest BCUT2D eigenvalue weighted by Crippen LogP contribution is 2.37. The summed E-state index contributed by atoms with van der Waals surface area (Å²) in [4.78, 5) is 14.1. The minimum atomic E-state index is -0.408. The first kappa shape index (κ1) is 12.7. The molecule has 2 atom stereocenters. The molecule has 0 saturated carbocycles. The second kappa shape index (κ2) is 4.48. The van der Waals surface area contributed by atoms with Gasteiger partial charge in [0, 0.05) is 19.2 Å². The zero-order valence-corrected chi connectivity index (χ0v) is 11.2. The third-order valence-electron chi connectivity index (χ3n) is 3.63. The van der Waals surface area contributed by atoms with Crippen molar-refractivity contribution in [2.24, 2.45) is 0 Å². The van der Waals surface area contributed by atoms with Crippen molar-refractivity contribution in [2.45, 2.75) is 70.2 Å². The van der Waals surface area contributed by atoms with Crippen LogP contribution in [-0.2, 0) is 9.47 Å². The Morgan fingerprint density at radius 1 is 1.18 bits per heavy atom. The molecule has 0 aliphatic carbocycles. The largest absolute Gasteiger partial charge is 0.444 e. The number of fused-ring (bicyclic) bond motifs is 2. The number of ether oxygens (including phenoxy) is 2. The Morgan fingerprint density at radius 2 is 1.71 bits per heavy atom. The second-order valence-electron chi connectivity index (χ2n) is 6.10. The summed E-state index contributed by atoms with van der Waals surface area (Å²) >= 11 is 0. The van der Waals surface area contributed by atoms with E-state index in [9.17, 15) is 4.79 Å². The topological polar surface area (TPSA) is 38.8 Å². The SMILES string of the molecule is COC1CC2CCC(C1)N2C(=O)OC(C)(C)C. The third-order valence-corrected chi connectivity index (χ3v) is 3.63. The molecule has 0 aromatic carbocycles. The highest BCUT2D eigenvalue weighted by molar-refractivity contribution is 5.69. The van der Waals surface area contributed by atoms with Crippen LogP contribution in [0.2, 0.25) is 0 Å². The van der Waals surface area contributed by atoms with Gasteiger partial charge in [-0.1, -0.05) is 0 Å². The minimum Gasteiger partial charge on any atom is -0.444 e. The molecule has 2 heterocycles. The molecule has 2 aliphatic heterocycles. The number of hydrogen-bond acceptors (Lipinski definition) is 3. The summed E-state index contributed by atoms with van der Waals surface area (Å²) in [6.07, 6.45) is 4.23. The summed E-state index contributed by atoms with van der Waals surface area (Å²) < 4.78 is 10.9. The van der Waals surface area contributed by atoms with Crippen LogP contribution in [0.3, 0.4) is 0 Å². The lowest BCUT2D eigenvalue weighted by atomic mass is 10.0. The zero-order valence-electron chi connectivity index (χ0n) is 11.2. The molecule has 98 valence electrons. The number of rotatable bonds is 1. The molecule has 2 fully saturated rings. The number of piperidine rings is 1. The maximum absolute atomic E-state index is 12.1. The van der Waals surface area contributed by atoms with Gasteiger partial charge in [-0.05, 0) is 46.5 Å². The Morgan fingerprint density at radius 3 is 2.12 bits per heavy atom. The van der Waals surface area contributed by atoms with E-state index in [0.29, 0.717) is 18.2 Å². The summed E-state index contributed by atoms with van der Waals surface area (Å²) in [6, 6.07) is 0.627. The molecule has 0 aromatic heterocycles. The average Bonchev–Trinajstić information content (AvgIpc) is 2.47. The van der Waals surface area contributed by atoms with Gasteiger partial charge in [-0.3, -0.25) is 0 Å². The van der Waals surface area contributed by atoms with E-state index in [4.69, 9.17) is 9.47 Å². The summed E-state index contributed by atoms with van der Waals surface area (Å²) in [5, 5.41) is 0. The van der Waals surface area contributed by atoms with Crippen molar-refractivity contribution < 1.29 is 14.3 Å². The molecule has 4 nitrogen and oxygen atoms in total. The molecule has 0 aromatic rings. The molecular formula is C13H23NO3. The lowest BCUT2D eigenvalue weighted by molar-refractivity contribution is -0.0213. The molecular weight excluding hydrogens is 218 g/mol. The summed E-state index contributed by atoms with van der Waals surface area (Å²) in [6.45, 7) is 5.73. The molecule has 2 bridgehead atoms. The van der Waals surface area contributed by atoms with E-state index in [-0.39, 0.29) is 6.09 Å². The van der Waals surface area contributed by atoms with Gasteiger partial charge in [0.1, 0.15) is 5.60 Å². The van der Waals surface area contributed by atoms with Crippen molar-refractivity contribution in [2.75, 3.05) is 7.11 Å². The zero-order chi connectivity index (χ0) is 12.6. The fourth-order valence-corrected chi connectivity index (χ4v) is 2.93. The highest BCUT2D eigenvalue weighted by atomic mass is 16.6. The number of methoxy groups -OCH3 is 1. The van der Waals surface area contributed by atoms with Gasteiger partial charge < -0.3 is 14.4 Å². The highest BCUT2D eigenvalue weighted by Gasteiger charge is 2.44. The van der Waals surface area contributed by atoms with Gasteiger partial charge >= 0.3 is 6.09 Å². The van der Waals surface area contributed by atoms with E-state index in [2.05, 4.69) is 0 Å². The molecule has 2 aliphatic rings. The van der Waals surface area contributed by atoms with Gasteiger partial charge in [-0.2, -0.15) is 0 Å². The van der Waals surface area contributed by atoms with Crippen molar-refractivity contribution in [3.63, 3.8) is 0 Å². The van der Waals surface area contributed by atoms with Crippen LogP contribution in [0.4, 0.5) is 4.79 Å². The van der Waals surface area contributed by atoms with Crippen molar-refractivity contribution in [1.82, 2.24) is 4.90 Å². The molecule has 2 unspecified atom stereocenters. The van der Waals surface area contributed by atoms with Gasteiger partial charge in [0.25, 0.3) is 0 Å². The van der Waals surface area contributed by atoms with Crippen molar-refractivity contribution >= 4 is 6.09 Å². The van der Waals surface area contributed by atoms with Gasteiger partial charge in [0.15, 0.2) is 0 Å². The first-order valence-electron chi connectivity index (χ1n) is 6.45. The minimum absolute atomic E-state index is 0.153. The summed E-state index contributed by atoms with van der Waals surface area (Å²) in [7, 11) is 1.76. The van der Waals surface area contributed by atoms with Gasteiger partial charge in [0.05, 0.1) is 6.10 Å². The quantitative estimate of drug-likeness (QED) is 0.708. The summed E-state index contributed by atoms with van der Waals surface area (Å²) in [5.74, 6) is 0. The first-order valence-corrected chi connectivity index (χ1v) is 6.45. The standard InChI is InChI=1S/C13H23NO3/c1-13(2,3)17-12(15)14-9-5-6-10(14)8-11(7-9)16-4/h9-11H,5-8H2,1-4H3. The Bertz CT molecular complexity index is 284. The van der Waals surface area contributed by atoms with Crippen LogP contribution in [0, 0.1) is 0 Å². The molecule has 2 rings (SSSR count). The lowest BCUT2D eigenvalue weighted by Crippen LogP contribution is -2.50. The number of carbonyl (C=O) groups is 1. The van der Waals surface area contributed by atoms with Crippen molar-refractivity contribution in [1.29, 1.82) is 0 Å². The Labute approximate surface area is 103 Å². The Hall–Kier alpha value is -0.770. The van der Waals surface area contributed by atoms with E-state index in [1.165, 1.54) is 0 Å².